The number of rotatable bonds is 3. The molecule has 1 saturated carbocycles. The lowest BCUT2D eigenvalue weighted by Crippen LogP contribution is -2.56. The van der Waals surface area contributed by atoms with Gasteiger partial charge in [-0.15, -0.1) is 0 Å². The van der Waals surface area contributed by atoms with E-state index >= 15 is 0 Å². The van der Waals surface area contributed by atoms with E-state index in [0.717, 1.165) is 25.7 Å². The van der Waals surface area contributed by atoms with Crippen LogP contribution >= 0.6 is 0 Å². The molecule has 2 heterocycles. The van der Waals surface area contributed by atoms with Crippen molar-refractivity contribution in [3.63, 3.8) is 0 Å². The fraction of sp³-hybridized carbons (Fsp3) is 0.550. The maximum atomic E-state index is 13.1. The third kappa shape index (κ3) is 2.82. The van der Waals surface area contributed by atoms with Crippen LogP contribution < -0.4 is 9.64 Å². The van der Waals surface area contributed by atoms with Gasteiger partial charge in [0.25, 0.3) is 5.91 Å². The van der Waals surface area contributed by atoms with Crippen molar-refractivity contribution < 1.29 is 19.1 Å². The first-order valence-electron chi connectivity index (χ1n) is 9.39. The molecule has 2 aliphatic heterocycles. The fourth-order valence-electron chi connectivity index (χ4n) is 4.74. The molecule has 0 radical (unpaired) electrons. The Labute approximate surface area is 153 Å². The summed E-state index contributed by atoms with van der Waals surface area (Å²) >= 11 is 0. The van der Waals surface area contributed by atoms with E-state index in [1.165, 1.54) is 4.90 Å². The van der Waals surface area contributed by atoms with Crippen molar-refractivity contribution >= 4 is 23.3 Å². The average molecular weight is 356 g/mol. The van der Waals surface area contributed by atoms with Crippen molar-refractivity contribution in [2.24, 2.45) is 5.92 Å². The molecule has 6 heteroatoms. The van der Waals surface area contributed by atoms with Gasteiger partial charge in [-0.25, -0.2) is 4.90 Å². The molecule has 4 rings (SSSR count). The predicted molar refractivity (Wildman–Crippen MR) is 96.0 cm³/mol. The van der Waals surface area contributed by atoms with Crippen molar-refractivity contribution in [3.8, 4) is 5.75 Å². The zero-order valence-electron chi connectivity index (χ0n) is 15.0. The number of imide groups is 1. The average Bonchev–Trinajstić information content (AvgIpc) is 2.96. The zero-order valence-corrected chi connectivity index (χ0v) is 15.0. The number of carbonyl (C=O) groups excluding carboxylic acids is 3. The zero-order chi connectivity index (χ0) is 18.3. The van der Waals surface area contributed by atoms with E-state index in [9.17, 15) is 14.4 Å². The van der Waals surface area contributed by atoms with Crippen LogP contribution in [-0.2, 0) is 14.4 Å². The Morgan fingerprint density at radius 2 is 1.77 bits per heavy atom. The number of anilines is 1. The Morgan fingerprint density at radius 1 is 1.04 bits per heavy atom. The number of ether oxygens (including phenoxy) is 1. The summed E-state index contributed by atoms with van der Waals surface area (Å²) in [6.45, 7) is 0.583. The van der Waals surface area contributed by atoms with Crippen LogP contribution in [0, 0.1) is 5.92 Å². The molecule has 1 aliphatic carbocycles. The van der Waals surface area contributed by atoms with Crippen molar-refractivity contribution in [2.75, 3.05) is 18.6 Å². The molecule has 3 fully saturated rings. The number of piperidine rings is 1. The van der Waals surface area contributed by atoms with Crippen LogP contribution in [-0.4, -0.2) is 48.2 Å². The number of nitrogens with zero attached hydrogens (tertiary/aromatic N) is 2. The molecule has 3 aliphatic rings. The lowest BCUT2D eigenvalue weighted by molar-refractivity contribution is -0.136. The van der Waals surface area contributed by atoms with E-state index in [-0.39, 0.29) is 30.2 Å². The highest BCUT2D eigenvalue weighted by Gasteiger charge is 2.48. The molecule has 0 bridgehead atoms. The quantitative estimate of drug-likeness (QED) is 0.777. The number of methoxy groups -OCH3 is 1. The Balaban J connectivity index is 1.57. The molecule has 26 heavy (non-hydrogen) atoms. The molecule has 138 valence electrons. The highest BCUT2D eigenvalue weighted by molar-refractivity contribution is 6.22. The Hall–Kier alpha value is -2.21. The number of hydrogen-bond acceptors (Lipinski definition) is 5. The van der Waals surface area contributed by atoms with Crippen LogP contribution in [0.15, 0.2) is 24.3 Å². The van der Waals surface area contributed by atoms with Gasteiger partial charge in [-0.05, 0) is 37.1 Å². The summed E-state index contributed by atoms with van der Waals surface area (Å²) in [5.74, 6) is 0.711. The Kier molecular flexibility index (Phi) is 4.53. The van der Waals surface area contributed by atoms with Gasteiger partial charge in [0.05, 0.1) is 25.3 Å². The lowest BCUT2D eigenvalue weighted by Gasteiger charge is -2.45. The molecule has 1 aromatic carbocycles. The largest absolute Gasteiger partial charge is 0.497 e. The van der Waals surface area contributed by atoms with E-state index in [1.54, 1.807) is 31.4 Å². The number of likely N-dealkylation sites (tertiary alicyclic amines) is 1. The van der Waals surface area contributed by atoms with Gasteiger partial charge in [-0.3, -0.25) is 19.3 Å². The molecule has 0 spiro atoms. The normalized spacial score (nSPS) is 29.8. The fourth-order valence-corrected chi connectivity index (χ4v) is 4.74. The van der Waals surface area contributed by atoms with Gasteiger partial charge in [0.1, 0.15) is 11.5 Å². The lowest BCUT2D eigenvalue weighted by atomic mass is 9.77. The summed E-state index contributed by atoms with van der Waals surface area (Å²) in [6, 6.07) is 6.64. The summed E-state index contributed by atoms with van der Waals surface area (Å²) in [7, 11) is 1.58. The van der Waals surface area contributed by atoms with Crippen LogP contribution in [0.2, 0.25) is 0 Å². The van der Waals surface area contributed by atoms with E-state index < -0.39 is 6.04 Å². The van der Waals surface area contributed by atoms with Crippen LogP contribution in [0.25, 0.3) is 0 Å². The molecular formula is C20H24N2O4. The number of hydrogen-bond donors (Lipinski definition) is 0. The molecule has 3 atom stereocenters. The second-order valence-corrected chi connectivity index (χ2v) is 7.40. The van der Waals surface area contributed by atoms with Gasteiger partial charge in [-0.2, -0.15) is 0 Å². The highest BCUT2D eigenvalue weighted by atomic mass is 16.5. The number of ketones is 1. The Bertz CT molecular complexity index is 730. The van der Waals surface area contributed by atoms with Crippen molar-refractivity contribution in [3.05, 3.63) is 24.3 Å². The minimum absolute atomic E-state index is 0.0374. The minimum atomic E-state index is -0.441. The summed E-state index contributed by atoms with van der Waals surface area (Å²) in [4.78, 5) is 41.4. The smallest absolute Gasteiger partial charge is 0.251 e. The van der Waals surface area contributed by atoms with Crippen LogP contribution in [0.3, 0.4) is 0 Å². The molecule has 2 saturated heterocycles. The highest BCUT2D eigenvalue weighted by Crippen LogP contribution is 2.37. The van der Waals surface area contributed by atoms with Crippen molar-refractivity contribution in [1.29, 1.82) is 0 Å². The number of benzene rings is 1. The van der Waals surface area contributed by atoms with E-state index in [1.807, 2.05) is 0 Å². The number of carbonyl (C=O) groups is 3. The van der Waals surface area contributed by atoms with Crippen molar-refractivity contribution in [1.82, 2.24) is 4.90 Å². The predicted octanol–water partition coefficient (Wildman–Crippen LogP) is 2.16. The minimum Gasteiger partial charge on any atom is -0.497 e. The van der Waals surface area contributed by atoms with E-state index in [4.69, 9.17) is 4.74 Å². The number of fused-ring (bicyclic) bond motifs is 1. The monoisotopic (exact) mass is 356 g/mol. The second kappa shape index (κ2) is 6.83. The summed E-state index contributed by atoms with van der Waals surface area (Å²) < 4.78 is 5.14. The third-order valence-corrected chi connectivity index (χ3v) is 6.04. The van der Waals surface area contributed by atoms with E-state index in [2.05, 4.69) is 4.90 Å². The van der Waals surface area contributed by atoms with Gasteiger partial charge in [0, 0.05) is 24.9 Å². The van der Waals surface area contributed by atoms with Gasteiger partial charge in [0.15, 0.2) is 0 Å². The number of Topliss-reactive ketones (excluding diaryl/α,β-unsaturated/α-hetero) is 1. The molecule has 0 unspecified atom stereocenters. The molecule has 1 aromatic rings. The molecule has 6 nitrogen and oxygen atoms in total. The van der Waals surface area contributed by atoms with Crippen LogP contribution in [0.4, 0.5) is 5.69 Å². The summed E-state index contributed by atoms with van der Waals surface area (Å²) in [6.07, 6.45) is 4.70. The maximum absolute atomic E-state index is 13.1. The van der Waals surface area contributed by atoms with Crippen LogP contribution in [0.1, 0.15) is 38.5 Å². The first-order chi connectivity index (χ1) is 12.6. The first-order valence-corrected chi connectivity index (χ1v) is 9.39. The summed E-state index contributed by atoms with van der Waals surface area (Å²) in [5.41, 5.74) is 0.580. The SMILES string of the molecule is COc1ccc(N2C(=O)C[C@H](N3CCC(=O)[C@@H]4CCCC[C@H]43)C2=O)cc1. The standard InChI is InChI=1S/C20H24N2O4/c1-26-14-8-6-13(7-9-14)22-19(24)12-17(20(22)25)21-11-10-18(23)15-4-2-3-5-16(15)21/h6-9,15-17H,2-5,10-12H2,1H3/t15-,16-,17+/m1/s1. The Morgan fingerprint density at radius 3 is 2.50 bits per heavy atom. The molecule has 0 aromatic heterocycles. The van der Waals surface area contributed by atoms with Crippen molar-refractivity contribution in [2.45, 2.75) is 50.6 Å². The van der Waals surface area contributed by atoms with Gasteiger partial charge in [0.2, 0.25) is 5.91 Å². The molecule has 2 amide bonds. The molecule has 0 N–H and O–H groups in total. The first kappa shape index (κ1) is 17.2. The topological polar surface area (TPSA) is 66.9 Å². The third-order valence-electron chi connectivity index (χ3n) is 6.04. The second-order valence-electron chi connectivity index (χ2n) is 7.40. The van der Waals surface area contributed by atoms with Crippen LogP contribution in [0.5, 0.6) is 5.75 Å². The maximum Gasteiger partial charge on any atom is 0.251 e. The van der Waals surface area contributed by atoms with Gasteiger partial charge < -0.3 is 4.74 Å². The molecular weight excluding hydrogens is 332 g/mol. The summed E-state index contributed by atoms with van der Waals surface area (Å²) in [5, 5.41) is 0. The van der Waals surface area contributed by atoms with Gasteiger partial charge in [-0.1, -0.05) is 12.8 Å². The van der Waals surface area contributed by atoms with Gasteiger partial charge >= 0.3 is 0 Å². The number of amides is 2. The van der Waals surface area contributed by atoms with E-state index in [0.29, 0.717) is 30.2 Å².